The van der Waals surface area contributed by atoms with Crippen LogP contribution in [0.2, 0.25) is 0 Å². The third kappa shape index (κ3) is 4.70. The molecular weight excluding hydrogens is 615 g/mol. The molecule has 8 aromatic carbocycles. The molecule has 2 nitrogen and oxygen atoms in total. The van der Waals surface area contributed by atoms with Gasteiger partial charge in [0.2, 0.25) is 0 Å². The predicted molar refractivity (Wildman–Crippen MR) is 210 cm³/mol. The summed E-state index contributed by atoms with van der Waals surface area (Å²) >= 11 is 1.86. The zero-order valence-electron chi connectivity index (χ0n) is 26.5. The smallest absolute Gasteiger partial charge is 0.137 e. The van der Waals surface area contributed by atoms with Crippen LogP contribution in [0.5, 0.6) is 0 Å². The van der Waals surface area contributed by atoms with Gasteiger partial charge in [0.25, 0.3) is 0 Å². The molecule has 0 unspecified atom stereocenters. The number of thiophene rings is 1. The Bertz CT molecular complexity index is 2840. The number of para-hydroxylation sites is 1. The van der Waals surface area contributed by atoms with Crippen molar-refractivity contribution in [3.63, 3.8) is 0 Å². The van der Waals surface area contributed by atoms with E-state index in [-0.39, 0.29) is 0 Å². The zero-order valence-corrected chi connectivity index (χ0v) is 27.3. The molecule has 0 spiro atoms. The van der Waals surface area contributed by atoms with E-state index in [1.807, 2.05) is 23.5 Å². The lowest BCUT2D eigenvalue weighted by Crippen LogP contribution is -2.10. The summed E-state index contributed by atoms with van der Waals surface area (Å²) in [7, 11) is 0. The maximum Gasteiger partial charge on any atom is 0.137 e. The van der Waals surface area contributed by atoms with Gasteiger partial charge in [0.05, 0.1) is 11.1 Å². The van der Waals surface area contributed by atoms with Gasteiger partial charge in [0.1, 0.15) is 11.2 Å². The Morgan fingerprint density at radius 2 is 1.06 bits per heavy atom. The highest BCUT2D eigenvalue weighted by atomic mass is 32.1. The predicted octanol–water partition coefficient (Wildman–Crippen LogP) is 13.9. The van der Waals surface area contributed by atoms with Crippen LogP contribution in [0, 0.1) is 0 Å². The van der Waals surface area contributed by atoms with Gasteiger partial charge in [-0.15, -0.1) is 11.3 Å². The van der Waals surface area contributed by atoms with Gasteiger partial charge in [-0.25, -0.2) is 0 Å². The Morgan fingerprint density at radius 1 is 0.388 bits per heavy atom. The van der Waals surface area contributed by atoms with E-state index in [2.05, 4.69) is 169 Å². The quantitative estimate of drug-likeness (QED) is 0.186. The maximum atomic E-state index is 6.36. The molecule has 0 bridgehead atoms. The Hall–Kier alpha value is -6.16. The molecule has 0 N–H and O–H groups in total. The Kier molecular flexibility index (Phi) is 6.39. The third-order valence-corrected chi connectivity index (χ3v) is 10.8. The largest absolute Gasteiger partial charge is 0.456 e. The summed E-state index contributed by atoms with van der Waals surface area (Å²) in [4.78, 5) is 2.37. The lowest BCUT2D eigenvalue weighted by Gasteiger charge is -2.27. The zero-order chi connectivity index (χ0) is 32.3. The molecule has 0 saturated heterocycles. The minimum atomic E-state index is 0.877. The molecule has 0 aliphatic heterocycles. The van der Waals surface area contributed by atoms with Crippen LogP contribution < -0.4 is 4.90 Å². The van der Waals surface area contributed by atoms with Crippen LogP contribution in [-0.2, 0) is 0 Å². The van der Waals surface area contributed by atoms with E-state index in [4.69, 9.17) is 4.42 Å². The lowest BCUT2D eigenvalue weighted by atomic mass is 10.00. The average Bonchev–Trinajstić information content (AvgIpc) is 3.74. The van der Waals surface area contributed by atoms with Crippen molar-refractivity contribution in [1.29, 1.82) is 0 Å². The highest BCUT2D eigenvalue weighted by molar-refractivity contribution is 7.25. The first-order chi connectivity index (χ1) is 24.3. The van der Waals surface area contributed by atoms with Gasteiger partial charge < -0.3 is 9.32 Å². The van der Waals surface area contributed by atoms with E-state index in [9.17, 15) is 0 Å². The molecule has 0 aliphatic rings. The topological polar surface area (TPSA) is 16.4 Å². The monoisotopic (exact) mass is 643 g/mol. The first-order valence-electron chi connectivity index (χ1n) is 16.6. The summed E-state index contributed by atoms with van der Waals surface area (Å²) in [6, 6.07) is 63.3. The van der Waals surface area contributed by atoms with Gasteiger partial charge in [0.15, 0.2) is 0 Å². The molecule has 0 fully saturated rings. The number of nitrogens with zero attached hydrogens (tertiary/aromatic N) is 1. The summed E-state index contributed by atoms with van der Waals surface area (Å²) in [6.07, 6.45) is 0. The molecule has 0 amide bonds. The summed E-state index contributed by atoms with van der Waals surface area (Å²) in [5.74, 6) is 0. The van der Waals surface area contributed by atoms with Crippen LogP contribution in [0.25, 0.3) is 75.1 Å². The summed E-state index contributed by atoms with van der Waals surface area (Å²) in [6.45, 7) is 0. The van der Waals surface area contributed by atoms with E-state index in [0.29, 0.717) is 0 Å². The van der Waals surface area contributed by atoms with Crippen molar-refractivity contribution in [3.05, 3.63) is 176 Å². The SMILES string of the molecule is c1cc(-c2ccc3ccccc3c2)cc(N(c2ccc(-c3ccc4c(c3)sc3ccccc34)cc2)c2cccc3oc4ccccc4c23)c1. The molecule has 0 atom stereocenters. The number of anilines is 3. The summed E-state index contributed by atoms with van der Waals surface area (Å²) < 4.78 is 9.00. The maximum absolute atomic E-state index is 6.36. The van der Waals surface area contributed by atoms with E-state index < -0.39 is 0 Å². The number of hydrogen-bond donors (Lipinski definition) is 0. The van der Waals surface area contributed by atoms with E-state index in [1.54, 1.807) is 0 Å². The van der Waals surface area contributed by atoms with Crippen LogP contribution in [0.15, 0.2) is 180 Å². The van der Waals surface area contributed by atoms with Crippen LogP contribution in [0.3, 0.4) is 0 Å². The van der Waals surface area contributed by atoms with E-state index >= 15 is 0 Å². The van der Waals surface area contributed by atoms with Crippen molar-refractivity contribution >= 4 is 81.3 Å². The minimum Gasteiger partial charge on any atom is -0.456 e. The molecular formula is C46H29NOS. The van der Waals surface area contributed by atoms with Crippen molar-refractivity contribution in [3.8, 4) is 22.3 Å². The fourth-order valence-corrected chi connectivity index (χ4v) is 8.42. The van der Waals surface area contributed by atoms with Crippen LogP contribution in [0.1, 0.15) is 0 Å². The van der Waals surface area contributed by atoms with Crippen molar-refractivity contribution in [2.75, 3.05) is 4.90 Å². The molecule has 10 aromatic rings. The van der Waals surface area contributed by atoms with Gasteiger partial charge in [0, 0.05) is 36.9 Å². The Balaban J connectivity index is 1.12. The van der Waals surface area contributed by atoms with E-state index in [0.717, 1.165) is 39.0 Å². The van der Waals surface area contributed by atoms with Crippen LogP contribution in [-0.4, -0.2) is 0 Å². The van der Waals surface area contributed by atoms with Gasteiger partial charge in [-0.2, -0.15) is 0 Å². The van der Waals surface area contributed by atoms with Gasteiger partial charge in [-0.05, 0) is 93.7 Å². The molecule has 2 aromatic heterocycles. The second-order valence-corrected chi connectivity index (χ2v) is 13.6. The highest BCUT2D eigenvalue weighted by Crippen LogP contribution is 2.44. The lowest BCUT2D eigenvalue weighted by molar-refractivity contribution is 0.669. The molecule has 2 heterocycles. The average molecular weight is 644 g/mol. The number of furan rings is 1. The van der Waals surface area contributed by atoms with Crippen LogP contribution in [0.4, 0.5) is 17.1 Å². The Labute approximate surface area is 287 Å². The second-order valence-electron chi connectivity index (χ2n) is 12.6. The molecule has 0 saturated carbocycles. The highest BCUT2D eigenvalue weighted by Gasteiger charge is 2.20. The second kappa shape index (κ2) is 11.2. The van der Waals surface area contributed by atoms with Crippen molar-refractivity contribution < 1.29 is 4.42 Å². The third-order valence-electron chi connectivity index (χ3n) is 9.65. The van der Waals surface area contributed by atoms with E-state index in [1.165, 1.54) is 53.2 Å². The number of rotatable bonds is 5. The van der Waals surface area contributed by atoms with Crippen molar-refractivity contribution in [1.82, 2.24) is 0 Å². The molecule has 49 heavy (non-hydrogen) atoms. The van der Waals surface area contributed by atoms with Gasteiger partial charge in [-0.3, -0.25) is 0 Å². The van der Waals surface area contributed by atoms with Gasteiger partial charge >= 0.3 is 0 Å². The molecule has 3 heteroatoms. The molecule has 230 valence electrons. The first-order valence-corrected chi connectivity index (χ1v) is 17.4. The normalized spacial score (nSPS) is 11.7. The summed E-state index contributed by atoms with van der Waals surface area (Å²) in [5, 5.41) is 7.34. The number of benzene rings is 8. The van der Waals surface area contributed by atoms with Crippen molar-refractivity contribution in [2.45, 2.75) is 0 Å². The summed E-state index contributed by atoms with van der Waals surface area (Å²) in [5.41, 5.74) is 9.80. The van der Waals surface area contributed by atoms with Crippen molar-refractivity contribution in [2.24, 2.45) is 0 Å². The number of hydrogen-bond acceptors (Lipinski definition) is 3. The molecule has 0 aliphatic carbocycles. The minimum absolute atomic E-state index is 0.877. The Morgan fingerprint density at radius 3 is 1.98 bits per heavy atom. The molecule has 0 radical (unpaired) electrons. The first kappa shape index (κ1) is 27.9. The standard InChI is InChI=1S/C46H29NOS/c1-2-10-32-27-34(20-19-30(32)9-1)33-11-7-12-37(28-33)47(41-15-8-17-43-46(41)40-14-3-5-16-42(40)48-43)36-24-21-31(22-25-36)35-23-26-39-38-13-4-6-18-44(38)49-45(39)29-35/h1-29H. The molecule has 10 rings (SSSR count). The van der Waals surface area contributed by atoms with Gasteiger partial charge in [-0.1, -0.05) is 115 Å². The number of fused-ring (bicyclic) bond motifs is 7. The fourth-order valence-electron chi connectivity index (χ4n) is 7.27. The fraction of sp³-hybridized carbons (Fsp3) is 0. The van der Waals surface area contributed by atoms with Crippen LogP contribution >= 0.6 is 11.3 Å².